The van der Waals surface area contributed by atoms with Gasteiger partial charge < -0.3 is 4.74 Å². The maximum atomic E-state index is 12.1. The average Bonchev–Trinajstić information content (AvgIpc) is 3.00. The van der Waals surface area contributed by atoms with Gasteiger partial charge in [0.25, 0.3) is 0 Å². The van der Waals surface area contributed by atoms with Crippen LogP contribution in [0.5, 0.6) is 5.75 Å². The van der Waals surface area contributed by atoms with E-state index in [2.05, 4.69) is 4.72 Å². The standard InChI is InChI=1S/C16H16N2O4S2/c1-24(20,21)18-8-7-14-5-6-16(23-14)15(19)11-22-13-4-2-3-12(9-13)10-17/h2-6,9,18H,7-8,11H2,1H3. The van der Waals surface area contributed by atoms with Gasteiger partial charge >= 0.3 is 0 Å². The maximum Gasteiger partial charge on any atom is 0.210 e. The molecule has 0 radical (unpaired) electrons. The minimum Gasteiger partial charge on any atom is -0.485 e. The molecule has 1 aromatic heterocycles. The van der Waals surface area contributed by atoms with Gasteiger partial charge in [-0.3, -0.25) is 4.79 Å². The van der Waals surface area contributed by atoms with Crippen LogP contribution >= 0.6 is 11.3 Å². The van der Waals surface area contributed by atoms with E-state index in [0.717, 1.165) is 11.1 Å². The molecule has 0 unspecified atom stereocenters. The number of ether oxygens (including phenoxy) is 1. The Labute approximate surface area is 144 Å². The molecular formula is C16H16N2O4S2. The second-order valence-corrected chi connectivity index (χ2v) is 8.04. The Bertz CT molecular complexity index is 866. The highest BCUT2D eigenvalue weighted by Gasteiger charge is 2.11. The van der Waals surface area contributed by atoms with Crippen LogP contribution in [0.25, 0.3) is 0 Å². The third-order valence-corrected chi connectivity index (χ3v) is 4.92. The SMILES string of the molecule is CS(=O)(=O)NCCc1ccc(C(=O)COc2cccc(C#N)c2)s1. The van der Waals surface area contributed by atoms with Crippen LogP contribution in [-0.2, 0) is 16.4 Å². The number of rotatable bonds is 8. The van der Waals surface area contributed by atoms with Gasteiger partial charge in [0.05, 0.1) is 22.8 Å². The van der Waals surface area contributed by atoms with Crippen molar-refractivity contribution in [1.82, 2.24) is 4.72 Å². The molecule has 0 spiro atoms. The van der Waals surface area contributed by atoms with Crippen LogP contribution in [0.4, 0.5) is 0 Å². The van der Waals surface area contributed by atoms with Crippen molar-refractivity contribution in [3.05, 3.63) is 51.7 Å². The number of hydrogen-bond acceptors (Lipinski definition) is 6. The Morgan fingerprint density at radius 2 is 2.12 bits per heavy atom. The summed E-state index contributed by atoms with van der Waals surface area (Å²) >= 11 is 1.32. The largest absolute Gasteiger partial charge is 0.485 e. The van der Waals surface area contributed by atoms with Crippen molar-refractivity contribution >= 4 is 27.1 Å². The van der Waals surface area contributed by atoms with E-state index >= 15 is 0 Å². The Hall–Kier alpha value is -2.21. The monoisotopic (exact) mass is 364 g/mol. The second kappa shape index (κ2) is 8.06. The van der Waals surface area contributed by atoms with Crippen molar-refractivity contribution in [2.75, 3.05) is 19.4 Å². The fraction of sp³-hybridized carbons (Fsp3) is 0.250. The third-order valence-electron chi connectivity index (χ3n) is 3.01. The van der Waals surface area contributed by atoms with E-state index in [9.17, 15) is 13.2 Å². The molecule has 0 saturated carbocycles. The molecule has 1 N–H and O–H groups in total. The lowest BCUT2D eigenvalue weighted by Crippen LogP contribution is -2.24. The van der Waals surface area contributed by atoms with Gasteiger partial charge in [0.15, 0.2) is 6.61 Å². The van der Waals surface area contributed by atoms with E-state index in [4.69, 9.17) is 10.00 Å². The predicted molar refractivity (Wildman–Crippen MR) is 91.9 cm³/mol. The molecule has 1 aromatic carbocycles. The van der Waals surface area contributed by atoms with Gasteiger partial charge in [-0.1, -0.05) is 6.07 Å². The number of carbonyl (C=O) groups excluding carboxylic acids is 1. The zero-order chi connectivity index (χ0) is 17.6. The molecule has 0 saturated heterocycles. The minimum absolute atomic E-state index is 0.115. The molecule has 6 nitrogen and oxygen atoms in total. The molecule has 0 aliphatic rings. The van der Waals surface area contributed by atoms with Gasteiger partial charge in [-0.2, -0.15) is 5.26 Å². The van der Waals surface area contributed by atoms with Gasteiger partial charge in [-0.05, 0) is 36.8 Å². The van der Waals surface area contributed by atoms with Gasteiger partial charge in [-0.25, -0.2) is 13.1 Å². The number of thiophene rings is 1. The lowest BCUT2D eigenvalue weighted by molar-refractivity contribution is 0.0925. The number of nitrogens with one attached hydrogen (secondary N) is 1. The summed E-state index contributed by atoms with van der Waals surface area (Å²) in [5.74, 6) is 0.307. The zero-order valence-corrected chi connectivity index (χ0v) is 14.6. The van der Waals surface area contributed by atoms with Gasteiger partial charge in [-0.15, -0.1) is 11.3 Å². The first-order valence-electron chi connectivity index (χ1n) is 7.07. The molecule has 126 valence electrons. The van der Waals surface area contributed by atoms with Gasteiger partial charge in [0, 0.05) is 11.4 Å². The van der Waals surface area contributed by atoms with Crippen LogP contribution in [0.2, 0.25) is 0 Å². The van der Waals surface area contributed by atoms with Crippen LogP contribution in [0.1, 0.15) is 20.1 Å². The number of ketones is 1. The molecule has 8 heteroatoms. The number of benzene rings is 1. The van der Waals surface area contributed by atoms with E-state index in [0.29, 0.717) is 29.2 Å². The molecule has 1 heterocycles. The van der Waals surface area contributed by atoms with Crippen LogP contribution in [0, 0.1) is 11.3 Å². The zero-order valence-electron chi connectivity index (χ0n) is 13.0. The van der Waals surface area contributed by atoms with Crippen molar-refractivity contribution in [3.8, 4) is 11.8 Å². The summed E-state index contributed by atoms with van der Waals surface area (Å²) in [5, 5.41) is 8.83. The first-order chi connectivity index (χ1) is 11.4. The molecule has 0 aliphatic carbocycles. The highest BCUT2D eigenvalue weighted by atomic mass is 32.2. The first kappa shape index (κ1) is 18.1. The van der Waals surface area contributed by atoms with Gasteiger partial charge in [0.1, 0.15) is 5.75 Å². The molecule has 2 aromatic rings. The summed E-state index contributed by atoms with van der Waals surface area (Å²) in [6.07, 6.45) is 1.63. The predicted octanol–water partition coefficient (Wildman–Crippen LogP) is 1.97. The van der Waals surface area contributed by atoms with Crippen molar-refractivity contribution < 1.29 is 17.9 Å². The molecule has 0 atom stereocenters. The Kier molecular flexibility index (Phi) is 6.09. The van der Waals surface area contributed by atoms with E-state index < -0.39 is 10.0 Å². The van der Waals surface area contributed by atoms with Crippen LogP contribution in [0.3, 0.4) is 0 Å². The molecule has 24 heavy (non-hydrogen) atoms. The molecule has 0 amide bonds. The van der Waals surface area contributed by atoms with Crippen LogP contribution < -0.4 is 9.46 Å². The smallest absolute Gasteiger partial charge is 0.210 e. The second-order valence-electron chi connectivity index (χ2n) is 5.03. The number of nitrogens with zero attached hydrogens (tertiary/aromatic N) is 1. The molecule has 0 bridgehead atoms. The lowest BCUT2D eigenvalue weighted by Gasteiger charge is -2.04. The van der Waals surface area contributed by atoms with E-state index in [-0.39, 0.29) is 12.4 Å². The highest BCUT2D eigenvalue weighted by Crippen LogP contribution is 2.19. The van der Waals surface area contributed by atoms with Gasteiger partial charge in [0.2, 0.25) is 15.8 Å². The quantitative estimate of drug-likeness (QED) is 0.723. The van der Waals surface area contributed by atoms with Crippen molar-refractivity contribution in [1.29, 1.82) is 5.26 Å². The van der Waals surface area contributed by atoms with Crippen molar-refractivity contribution in [2.24, 2.45) is 0 Å². The maximum absolute atomic E-state index is 12.1. The summed E-state index contributed by atoms with van der Waals surface area (Å²) in [4.78, 5) is 13.6. The number of Topliss-reactive ketones (excluding diaryl/α,β-unsaturated/α-hetero) is 1. The number of hydrogen-bond donors (Lipinski definition) is 1. The van der Waals surface area contributed by atoms with E-state index in [1.807, 2.05) is 6.07 Å². The molecule has 2 rings (SSSR count). The summed E-state index contributed by atoms with van der Waals surface area (Å²) in [5.41, 5.74) is 0.469. The normalized spacial score (nSPS) is 11.0. The first-order valence-corrected chi connectivity index (χ1v) is 9.78. The fourth-order valence-electron chi connectivity index (χ4n) is 1.90. The molecule has 0 aliphatic heterocycles. The average molecular weight is 364 g/mol. The number of nitriles is 1. The van der Waals surface area contributed by atoms with Crippen molar-refractivity contribution in [2.45, 2.75) is 6.42 Å². The number of carbonyl (C=O) groups is 1. The Morgan fingerprint density at radius 1 is 1.33 bits per heavy atom. The Morgan fingerprint density at radius 3 is 2.83 bits per heavy atom. The third kappa shape index (κ3) is 5.77. The topological polar surface area (TPSA) is 96.3 Å². The molecule has 0 fully saturated rings. The summed E-state index contributed by atoms with van der Waals surface area (Å²) in [6.45, 7) is 0.181. The Balaban J connectivity index is 1.88. The molecular weight excluding hydrogens is 348 g/mol. The van der Waals surface area contributed by atoms with Crippen LogP contribution in [-0.4, -0.2) is 33.6 Å². The minimum atomic E-state index is -3.20. The van der Waals surface area contributed by atoms with Crippen molar-refractivity contribution in [3.63, 3.8) is 0 Å². The summed E-state index contributed by atoms with van der Waals surface area (Å²) in [7, 11) is -3.20. The summed E-state index contributed by atoms with van der Waals surface area (Å²) < 4.78 is 29.8. The highest BCUT2D eigenvalue weighted by molar-refractivity contribution is 7.88. The van der Waals surface area contributed by atoms with E-state index in [1.54, 1.807) is 36.4 Å². The lowest BCUT2D eigenvalue weighted by atomic mass is 10.2. The number of sulfonamides is 1. The van der Waals surface area contributed by atoms with Crippen LogP contribution in [0.15, 0.2) is 36.4 Å². The summed E-state index contributed by atoms with van der Waals surface area (Å²) in [6, 6.07) is 12.1. The van der Waals surface area contributed by atoms with E-state index in [1.165, 1.54) is 11.3 Å². The fourth-order valence-corrected chi connectivity index (χ4v) is 3.30.